The minimum absolute atomic E-state index is 0.166. The molecular formula is C21H25NO4. The minimum atomic E-state index is -0.559. The first-order valence-electron chi connectivity index (χ1n) is 8.95. The van der Waals surface area contributed by atoms with Crippen molar-refractivity contribution in [2.45, 2.75) is 31.4 Å². The molecule has 5 heteroatoms. The molecule has 5 nitrogen and oxygen atoms in total. The van der Waals surface area contributed by atoms with Crippen LogP contribution in [0.15, 0.2) is 48.5 Å². The summed E-state index contributed by atoms with van der Waals surface area (Å²) in [5, 5.41) is 12.9. The number of carbonyl (C=O) groups is 1. The van der Waals surface area contributed by atoms with Gasteiger partial charge in [-0.15, -0.1) is 0 Å². The molecule has 0 unspecified atom stereocenters. The fourth-order valence-electron chi connectivity index (χ4n) is 3.18. The van der Waals surface area contributed by atoms with Crippen molar-refractivity contribution in [3.8, 4) is 5.75 Å². The fraction of sp³-hybridized carbons (Fsp3) is 0.381. The number of ether oxygens (including phenoxy) is 2. The number of hydrogen-bond acceptors (Lipinski definition) is 4. The molecule has 26 heavy (non-hydrogen) atoms. The number of amides is 1. The highest BCUT2D eigenvalue weighted by Gasteiger charge is 2.26. The lowest BCUT2D eigenvalue weighted by Gasteiger charge is -2.28. The molecule has 1 aliphatic rings. The highest BCUT2D eigenvalue weighted by atomic mass is 16.5. The van der Waals surface area contributed by atoms with Crippen LogP contribution in [-0.2, 0) is 17.6 Å². The molecule has 0 saturated carbocycles. The molecule has 2 aromatic rings. The van der Waals surface area contributed by atoms with Crippen LogP contribution in [0.1, 0.15) is 27.9 Å². The summed E-state index contributed by atoms with van der Waals surface area (Å²) in [4.78, 5) is 12.7. The largest absolute Gasteiger partial charge is 0.497 e. The van der Waals surface area contributed by atoms with Crippen molar-refractivity contribution in [1.29, 1.82) is 0 Å². The van der Waals surface area contributed by atoms with E-state index in [4.69, 9.17) is 9.47 Å². The predicted molar refractivity (Wildman–Crippen MR) is 99.5 cm³/mol. The van der Waals surface area contributed by atoms with E-state index in [0.717, 1.165) is 29.7 Å². The maximum absolute atomic E-state index is 12.7. The van der Waals surface area contributed by atoms with Gasteiger partial charge >= 0.3 is 0 Å². The first kappa shape index (κ1) is 18.4. The van der Waals surface area contributed by atoms with E-state index in [1.807, 2.05) is 42.5 Å². The van der Waals surface area contributed by atoms with Gasteiger partial charge in [-0.3, -0.25) is 4.79 Å². The summed E-state index contributed by atoms with van der Waals surface area (Å²) >= 11 is 0. The summed E-state index contributed by atoms with van der Waals surface area (Å²) in [6, 6.07) is 15.2. The Morgan fingerprint density at radius 2 is 2.08 bits per heavy atom. The van der Waals surface area contributed by atoms with Crippen LogP contribution >= 0.6 is 0 Å². The zero-order valence-electron chi connectivity index (χ0n) is 15.0. The Morgan fingerprint density at radius 1 is 1.23 bits per heavy atom. The van der Waals surface area contributed by atoms with E-state index in [1.54, 1.807) is 7.11 Å². The van der Waals surface area contributed by atoms with Gasteiger partial charge in [-0.1, -0.05) is 30.3 Å². The molecule has 0 spiro atoms. The Kier molecular flexibility index (Phi) is 6.26. The van der Waals surface area contributed by atoms with E-state index in [1.165, 1.54) is 0 Å². The summed E-state index contributed by atoms with van der Waals surface area (Å²) in [7, 11) is 1.65. The lowest BCUT2D eigenvalue weighted by Crippen LogP contribution is -2.49. The van der Waals surface area contributed by atoms with Gasteiger partial charge in [0, 0.05) is 12.2 Å². The molecule has 1 fully saturated rings. The topological polar surface area (TPSA) is 67.8 Å². The summed E-state index contributed by atoms with van der Waals surface area (Å²) in [6.45, 7) is 0.879. The Hall–Kier alpha value is -2.37. The summed E-state index contributed by atoms with van der Waals surface area (Å²) in [6.07, 6.45) is 1.55. The second kappa shape index (κ2) is 8.83. The summed E-state index contributed by atoms with van der Waals surface area (Å²) < 4.78 is 10.6. The van der Waals surface area contributed by atoms with Crippen molar-refractivity contribution in [2.24, 2.45) is 0 Å². The molecule has 2 N–H and O–H groups in total. The van der Waals surface area contributed by atoms with Crippen molar-refractivity contribution < 1.29 is 19.4 Å². The molecule has 2 aromatic carbocycles. The first-order valence-corrected chi connectivity index (χ1v) is 8.95. The van der Waals surface area contributed by atoms with Crippen molar-refractivity contribution in [1.82, 2.24) is 5.32 Å². The van der Waals surface area contributed by atoms with Crippen LogP contribution in [0.2, 0.25) is 0 Å². The predicted octanol–water partition coefficient (Wildman–Crippen LogP) is 2.36. The highest BCUT2D eigenvalue weighted by molar-refractivity contribution is 5.95. The number of methoxy groups -OCH3 is 1. The number of hydrogen-bond donors (Lipinski definition) is 2. The highest BCUT2D eigenvalue weighted by Crippen LogP contribution is 2.17. The zero-order chi connectivity index (χ0) is 18.4. The Balaban J connectivity index is 1.68. The summed E-state index contributed by atoms with van der Waals surface area (Å²) in [5.41, 5.74) is 2.79. The van der Waals surface area contributed by atoms with Gasteiger partial charge in [0.25, 0.3) is 5.91 Å². The van der Waals surface area contributed by atoms with Crippen molar-refractivity contribution in [2.75, 3.05) is 20.3 Å². The summed E-state index contributed by atoms with van der Waals surface area (Å²) in [5.74, 6) is 0.667. The molecule has 1 saturated heterocycles. The second-order valence-corrected chi connectivity index (χ2v) is 6.52. The van der Waals surface area contributed by atoms with Gasteiger partial charge in [0.2, 0.25) is 0 Å². The molecular weight excluding hydrogens is 330 g/mol. The SMILES string of the molecule is COc1cccc(CCc2ccccc2C(=O)N[C@@H]2COCC[C@H]2O)c1. The second-order valence-electron chi connectivity index (χ2n) is 6.52. The minimum Gasteiger partial charge on any atom is -0.497 e. The Bertz CT molecular complexity index is 746. The van der Waals surface area contributed by atoms with Crippen LogP contribution in [0.25, 0.3) is 0 Å². The van der Waals surface area contributed by atoms with Gasteiger partial charge < -0.3 is 19.9 Å². The van der Waals surface area contributed by atoms with Crippen LogP contribution in [0.5, 0.6) is 5.75 Å². The fourth-order valence-corrected chi connectivity index (χ4v) is 3.18. The van der Waals surface area contributed by atoms with E-state index in [9.17, 15) is 9.90 Å². The maximum Gasteiger partial charge on any atom is 0.251 e. The van der Waals surface area contributed by atoms with Crippen LogP contribution in [0.4, 0.5) is 0 Å². The van der Waals surface area contributed by atoms with Crippen LogP contribution < -0.4 is 10.1 Å². The van der Waals surface area contributed by atoms with Gasteiger partial charge in [0.15, 0.2) is 0 Å². The van der Waals surface area contributed by atoms with E-state index in [-0.39, 0.29) is 11.9 Å². The number of benzene rings is 2. The molecule has 0 aromatic heterocycles. The molecule has 0 radical (unpaired) electrons. The number of aliphatic hydroxyl groups is 1. The first-order chi connectivity index (χ1) is 12.7. The molecule has 1 amide bonds. The number of nitrogens with one attached hydrogen (secondary N) is 1. The Labute approximate surface area is 153 Å². The van der Waals surface area contributed by atoms with Crippen molar-refractivity contribution in [3.63, 3.8) is 0 Å². The zero-order valence-corrected chi connectivity index (χ0v) is 15.0. The van der Waals surface area contributed by atoms with Gasteiger partial charge in [-0.2, -0.15) is 0 Å². The monoisotopic (exact) mass is 355 g/mol. The van der Waals surface area contributed by atoms with Crippen LogP contribution in [-0.4, -0.2) is 43.5 Å². The number of aryl methyl sites for hydroxylation is 2. The molecule has 2 atom stereocenters. The normalized spacial score (nSPS) is 19.8. The molecule has 138 valence electrons. The van der Waals surface area contributed by atoms with Gasteiger partial charge in [0.05, 0.1) is 25.9 Å². The third-order valence-electron chi connectivity index (χ3n) is 4.72. The van der Waals surface area contributed by atoms with E-state index < -0.39 is 6.10 Å². The van der Waals surface area contributed by atoms with Crippen LogP contribution in [0, 0.1) is 0 Å². The lowest BCUT2D eigenvalue weighted by atomic mass is 9.98. The average Bonchev–Trinajstić information content (AvgIpc) is 2.68. The molecule has 1 aliphatic heterocycles. The Morgan fingerprint density at radius 3 is 2.88 bits per heavy atom. The van der Waals surface area contributed by atoms with Crippen molar-refractivity contribution in [3.05, 3.63) is 65.2 Å². The quantitative estimate of drug-likeness (QED) is 0.835. The number of carbonyl (C=O) groups excluding carboxylic acids is 1. The molecule has 0 bridgehead atoms. The molecule has 0 aliphatic carbocycles. The average molecular weight is 355 g/mol. The third kappa shape index (κ3) is 4.62. The van der Waals surface area contributed by atoms with E-state index >= 15 is 0 Å². The number of aliphatic hydroxyl groups excluding tert-OH is 1. The lowest BCUT2D eigenvalue weighted by molar-refractivity contribution is -0.0140. The molecule has 1 heterocycles. The van der Waals surface area contributed by atoms with Crippen molar-refractivity contribution >= 4 is 5.91 Å². The third-order valence-corrected chi connectivity index (χ3v) is 4.72. The maximum atomic E-state index is 12.7. The van der Waals surface area contributed by atoms with Gasteiger partial charge in [-0.25, -0.2) is 0 Å². The number of rotatable bonds is 6. The van der Waals surface area contributed by atoms with E-state index in [0.29, 0.717) is 25.2 Å². The van der Waals surface area contributed by atoms with E-state index in [2.05, 4.69) is 11.4 Å². The standard InChI is InChI=1S/C21H25NO4/c1-25-17-7-4-5-15(13-17)9-10-16-6-2-3-8-18(16)21(24)22-19-14-26-12-11-20(19)23/h2-8,13,19-20,23H,9-12,14H2,1H3,(H,22,24)/t19-,20-/m1/s1. The van der Waals surface area contributed by atoms with Gasteiger partial charge in [0.1, 0.15) is 5.75 Å². The molecule has 3 rings (SSSR count). The van der Waals surface area contributed by atoms with Crippen LogP contribution in [0.3, 0.4) is 0 Å². The smallest absolute Gasteiger partial charge is 0.251 e. The van der Waals surface area contributed by atoms with Gasteiger partial charge in [-0.05, 0) is 48.6 Å².